The first-order chi connectivity index (χ1) is 9.47. The van der Waals surface area contributed by atoms with Crippen LogP contribution < -0.4 is 11.1 Å². The van der Waals surface area contributed by atoms with Gasteiger partial charge in [-0.2, -0.15) is 0 Å². The van der Waals surface area contributed by atoms with Crippen LogP contribution in [0.25, 0.3) is 0 Å². The number of hydrogen-bond donors (Lipinski definition) is 2. The number of anilines is 2. The molecule has 1 aromatic heterocycles. The second-order valence-corrected chi connectivity index (χ2v) is 3.85. The van der Waals surface area contributed by atoms with Gasteiger partial charge < -0.3 is 11.1 Å². The zero-order chi connectivity index (χ0) is 14.7. The van der Waals surface area contributed by atoms with Gasteiger partial charge in [-0.25, -0.2) is 9.37 Å². The number of nitrogen functional groups attached to an aromatic ring is 1. The van der Waals surface area contributed by atoms with E-state index in [9.17, 15) is 19.3 Å². The van der Waals surface area contributed by atoms with Crippen LogP contribution in [0.15, 0.2) is 36.5 Å². The molecule has 0 saturated heterocycles. The van der Waals surface area contributed by atoms with E-state index in [1.807, 2.05) is 0 Å². The summed E-state index contributed by atoms with van der Waals surface area (Å²) in [5.74, 6) is -1.51. The summed E-state index contributed by atoms with van der Waals surface area (Å²) in [7, 11) is 0. The number of halogens is 1. The smallest absolute Gasteiger partial charge is 0.276 e. The summed E-state index contributed by atoms with van der Waals surface area (Å²) in [6.07, 6.45) is 1.37. The van der Waals surface area contributed by atoms with Crippen molar-refractivity contribution >= 4 is 23.0 Å². The molecule has 8 heteroatoms. The zero-order valence-electron chi connectivity index (χ0n) is 10.0. The average Bonchev–Trinajstić information content (AvgIpc) is 2.38. The second-order valence-electron chi connectivity index (χ2n) is 3.85. The van der Waals surface area contributed by atoms with Crippen LogP contribution in [-0.2, 0) is 0 Å². The van der Waals surface area contributed by atoms with Gasteiger partial charge in [0.05, 0.1) is 22.4 Å². The molecule has 0 bridgehead atoms. The molecule has 0 aliphatic carbocycles. The fraction of sp³-hybridized carbons (Fsp3) is 0. The predicted molar refractivity (Wildman–Crippen MR) is 69.7 cm³/mol. The number of carbonyl (C=O) groups is 1. The Morgan fingerprint density at radius 2 is 2.15 bits per heavy atom. The quantitative estimate of drug-likeness (QED) is 0.657. The highest BCUT2D eigenvalue weighted by atomic mass is 19.1. The van der Waals surface area contributed by atoms with Crippen molar-refractivity contribution in [3.63, 3.8) is 0 Å². The third-order valence-electron chi connectivity index (χ3n) is 2.41. The molecule has 0 aliphatic rings. The summed E-state index contributed by atoms with van der Waals surface area (Å²) in [6.45, 7) is 0. The minimum absolute atomic E-state index is 0.0422. The summed E-state index contributed by atoms with van der Waals surface area (Å²) in [5, 5.41) is 12.9. The van der Waals surface area contributed by atoms with Crippen molar-refractivity contribution in [3.8, 4) is 0 Å². The van der Waals surface area contributed by atoms with Gasteiger partial charge in [-0.3, -0.25) is 14.9 Å². The van der Waals surface area contributed by atoms with Gasteiger partial charge in [0.1, 0.15) is 5.82 Å². The number of nitrogens with zero attached hydrogens (tertiary/aromatic N) is 2. The molecule has 102 valence electrons. The molecule has 0 unspecified atom stereocenters. The SMILES string of the molecule is Nc1cccnc1C(=O)Nc1cc(F)cc([N+](=O)[O-])c1. The summed E-state index contributed by atoms with van der Waals surface area (Å²) >= 11 is 0. The number of nitro groups is 1. The Labute approximate surface area is 112 Å². The number of nitro benzene ring substituents is 1. The van der Waals surface area contributed by atoms with Crippen molar-refractivity contribution < 1.29 is 14.1 Å². The number of nitrogens with two attached hydrogens (primary N) is 1. The molecular formula is C12H9FN4O3. The summed E-state index contributed by atoms with van der Waals surface area (Å²) in [4.78, 5) is 25.5. The maximum absolute atomic E-state index is 13.2. The minimum atomic E-state index is -0.830. The third kappa shape index (κ3) is 2.86. The molecule has 1 amide bonds. The highest BCUT2D eigenvalue weighted by Gasteiger charge is 2.14. The summed E-state index contributed by atoms with van der Waals surface area (Å²) < 4.78 is 13.2. The maximum Gasteiger partial charge on any atom is 0.276 e. The number of rotatable bonds is 3. The molecule has 3 N–H and O–H groups in total. The van der Waals surface area contributed by atoms with Crippen LogP contribution in [0, 0.1) is 15.9 Å². The van der Waals surface area contributed by atoms with Crippen molar-refractivity contribution in [2.45, 2.75) is 0 Å². The Morgan fingerprint density at radius 1 is 1.40 bits per heavy atom. The Kier molecular flexibility index (Phi) is 3.56. The lowest BCUT2D eigenvalue weighted by atomic mass is 10.2. The fourth-order valence-corrected chi connectivity index (χ4v) is 1.55. The lowest BCUT2D eigenvalue weighted by Crippen LogP contribution is -2.16. The Bertz CT molecular complexity index is 690. The third-order valence-corrected chi connectivity index (χ3v) is 2.41. The molecule has 0 saturated carbocycles. The van der Waals surface area contributed by atoms with Gasteiger partial charge in [0.15, 0.2) is 5.69 Å². The molecule has 1 heterocycles. The minimum Gasteiger partial charge on any atom is -0.397 e. The first-order valence-electron chi connectivity index (χ1n) is 5.44. The molecule has 0 atom stereocenters. The fourth-order valence-electron chi connectivity index (χ4n) is 1.55. The van der Waals surface area contributed by atoms with Crippen LogP contribution in [0.5, 0.6) is 0 Å². The van der Waals surface area contributed by atoms with Crippen molar-refractivity contribution in [3.05, 3.63) is 58.2 Å². The Hall–Kier alpha value is -3.03. The van der Waals surface area contributed by atoms with Crippen molar-refractivity contribution in [2.75, 3.05) is 11.1 Å². The number of pyridine rings is 1. The van der Waals surface area contributed by atoms with Crippen LogP contribution in [0.4, 0.5) is 21.5 Å². The van der Waals surface area contributed by atoms with Crippen LogP contribution in [-0.4, -0.2) is 15.8 Å². The summed E-state index contributed by atoms with van der Waals surface area (Å²) in [5.41, 5.74) is 5.17. The van der Waals surface area contributed by atoms with E-state index in [2.05, 4.69) is 10.3 Å². The first kappa shape index (κ1) is 13.4. The van der Waals surface area contributed by atoms with E-state index in [0.29, 0.717) is 0 Å². The van der Waals surface area contributed by atoms with Gasteiger partial charge in [-0.05, 0) is 18.2 Å². The van der Waals surface area contributed by atoms with E-state index >= 15 is 0 Å². The highest BCUT2D eigenvalue weighted by Crippen LogP contribution is 2.21. The molecular weight excluding hydrogens is 267 g/mol. The van der Waals surface area contributed by atoms with E-state index in [-0.39, 0.29) is 17.1 Å². The molecule has 0 spiro atoms. The zero-order valence-corrected chi connectivity index (χ0v) is 10.0. The molecule has 2 rings (SSSR count). The molecule has 20 heavy (non-hydrogen) atoms. The number of benzene rings is 1. The van der Waals surface area contributed by atoms with Crippen LogP contribution >= 0.6 is 0 Å². The van der Waals surface area contributed by atoms with Gasteiger partial charge in [0.25, 0.3) is 11.6 Å². The van der Waals surface area contributed by atoms with E-state index in [0.717, 1.165) is 18.2 Å². The molecule has 0 aliphatic heterocycles. The van der Waals surface area contributed by atoms with Crippen molar-refractivity contribution in [2.24, 2.45) is 0 Å². The number of aromatic nitrogens is 1. The standard InChI is InChI=1S/C12H9FN4O3/c13-7-4-8(6-9(5-7)17(19)20)16-12(18)11-10(14)2-1-3-15-11/h1-6H,14H2,(H,16,18). The van der Waals surface area contributed by atoms with Crippen molar-refractivity contribution in [1.82, 2.24) is 4.98 Å². The van der Waals surface area contributed by atoms with Crippen LogP contribution in [0.3, 0.4) is 0 Å². The maximum atomic E-state index is 13.2. The van der Waals surface area contributed by atoms with Gasteiger partial charge >= 0.3 is 0 Å². The van der Waals surface area contributed by atoms with Crippen molar-refractivity contribution in [1.29, 1.82) is 0 Å². The van der Waals surface area contributed by atoms with E-state index in [4.69, 9.17) is 5.73 Å². The first-order valence-corrected chi connectivity index (χ1v) is 5.44. The average molecular weight is 276 g/mol. The molecule has 1 aromatic carbocycles. The number of amides is 1. The Balaban J connectivity index is 2.28. The summed E-state index contributed by atoms with van der Waals surface area (Å²) in [6, 6.07) is 5.80. The predicted octanol–water partition coefficient (Wildman–Crippen LogP) is 1.96. The molecule has 0 radical (unpaired) electrons. The number of non-ortho nitro benzene ring substituents is 1. The van der Waals surface area contributed by atoms with Crippen LogP contribution in [0.2, 0.25) is 0 Å². The number of nitrogens with one attached hydrogen (secondary N) is 1. The molecule has 7 nitrogen and oxygen atoms in total. The number of carbonyl (C=O) groups excluding carboxylic acids is 1. The monoisotopic (exact) mass is 276 g/mol. The van der Waals surface area contributed by atoms with E-state index < -0.39 is 22.3 Å². The largest absolute Gasteiger partial charge is 0.397 e. The number of hydrogen-bond acceptors (Lipinski definition) is 5. The normalized spacial score (nSPS) is 10.1. The van der Waals surface area contributed by atoms with E-state index in [1.165, 1.54) is 12.3 Å². The van der Waals surface area contributed by atoms with E-state index in [1.54, 1.807) is 6.07 Å². The Morgan fingerprint density at radius 3 is 2.80 bits per heavy atom. The van der Waals surface area contributed by atoms with Gasteiger partial charge in [-0.15, -0.1) is 0 Å². The molecule has 2 aromatic rings. The van der Waals surface area contributed by atoms with Gasteiger partial charge in [-0.1, -0.05) is 0 Å². The topological polar surface area (TPSA) is 111 Å². The second kappa shape index (κ2) is 5.31. The lowest BCUT2D eigenvalue weighted by Gasteiger charge is -2.06. The highest BCUT2D eigenvalue weighted by molar-refractivity contribution is 6.06. The lowest BCUT2D eigenvalue weighted by molar-refractivity contribution is -0.385. The van der Waals surface area contributed by atoms with Gasteiger partial charge in [0.2, 0.25) is 0 Å². The van der Waals surface area contributed by atoms with Crippen LogP contribution in [0.1, 0.15) is 10.5 Å². The van der Waals surface area contributed by atoms with Gasteiger partial charge in [0, 0.05) is 12.3 Å². The molecule has 0 fully saturated rings.